The average Bonchev–Trinajstić information content (AvgIpc) is 2.38. The third-order valence-electron chi connectivity index (χ3n) is 2.78. The monoisotopic (exact) mass is 286 g/mol. The van der Waals surface area contributed by atoms with Crippen LogP contribution in [0.2, 0.25) is 0 Å². The number of rotatable bonds is 8. The maximum atomic E-state index is 11.9. The van der Waals surface area contributed by atoms with Crippen molar-refractivity contribution >= 4 is 15.9 Å². The Labute approximate surface area is 115 Å². The Morgan fingerprint density at radius 2 is 1.89 bits per heavy atom. The minimum absolute atomic E-state index is 0.0222. The molecule has 19 heavy (non-hydrogen) atoms. The predicted octanol–water partition coefficient (Wildman–Crippen LogP) is 1.61. The van der Waals surface area contributed by atoms with Crippen molar-refractivity contribution in [3.8, 4) is 0 Å². The summed E-state index contributed by atoms with van der Waals surface area (Å²) in [6.45, 7) is 2.37. The fourth-order valence-corrected chi connectivity index (χ4v) is 2.63. The summed E-state index contributed by atoms with van der Waals surface area (Å²) in [6, 6.07) is 7.38. The lowest BCUT2D eigenvalue weighted by Gasteiger charge is -2.17. The van der Waals surface area contributed by atoms with Crippen LogP contribution in [0.4, 0.5) is 5.69 Å². The summed E-state index contributed by atoms with van der Waals surface area (Å²) in [5.41, 5.74) is 1.75. The lowest BCUT2D eigenvalue weighted by molar-refractivity contribution is 0.276. The zero-order chi connectivity index (χ0) is 14.3. The first-order valence-corrected chi connectivity index (χ1v) is 7.87. The number of hydrogen-bond acceptors (Lipinski definition) is 3. The van der Waals surface area contributed by atoms with Gasteiger partial charge in [-0.3, -0.25) is 4.72 Å². The van der Waals surface area contributed by atoms with Crippen molar-refractivity contribution in [2.75, 3.05) is 24.9 Å². The second kappa shape index (κ2) is 7.47. The van der Waals surface area contributed by atoms with Gasteiger partial charge in [0, 0.05) is 25.9 Å². The summed E-state index contributed by atoms with van der Waals surface area (Å²) in [4.78, 5) is 0. The Morgan fingerprint density at radius 1 is 1.26 bits per heavy atom. The van der Waals surface area contributed by atoms with E-state index in [1.807, 2.05) is 12.1 Å². The molecule has 2 N–H and O–H groups in total. The molecule has 0 aliphatic rings. The van der Waals surface area contributed by atoms with Gasteiger partial charge in [0.2, 0.25) is 0 Å². The third-order valence-corrected chi connectivity index (χ3v) is 4.28. The number of aliphatic hydroxyl groups is 1. The van der Waals surface area contributed by atoms with Crippen LogP contribution in [0.25, 0.3) is 0 Å². The smallest absolute Gasteiger partial charge is 0.301 e. The zero-order valence-electron chi connectivity index (χ0n) is 11.5. The summed E-state index contributed by atoms with van der Waals surface area (Å²) in [7, 11) is -2.05. The molecule has 6 heteroatoms. The highest BCUT2D eigenvalue weighted by Gasteiger charge is 2.16. The maximum Gasteiger partial charge on any atom is 0.301 e. The average molecular weight is 286 g/mol. The van der Waals surface area contributed by atoms with Gasteiger partial charge in [-0.1, -0.05) is 25.5 Å². The summed E-state index contributed by atoms with van der Waals surface area (Å²) in [5, 5.41) is 8.71. The minimum Gasteiger partial charge on any atom is -0.396 e. The number of hydrogen-bond donors (Lipinski definition) is 2. The van der Waals surface area contributed by atoms with Crippen molar-refractivity contribution < 1.29 is 13.5 Å². The van der Waals surface area contributed by atoms with E-state index in [2.05, 4.69) is 11.6 Å². The van der Waals surface area contributed by atoms with Gasteiger partial charge in [-0.05, 0) is 30.5 Å². The molecule has 0 fully saturated rings. The largest absolute Gasteiger partial charge is 0.396 e. The molecule has 1 aromatic rings. The number of benzene rings is 1. The Morgan fingerprint density at radius 3 is 2.42 bits per heavy atom. The molecular weight excluding hydrogens is 264 g/mol. The van der Waals surface area contributed by atoms with Crippen LogP contribution in [0.1, 0.15) is 25.3 Å². The van der Waals surface area contributed by atoms with Gasteiger partial charge in [0.15, 0.2) is 0 Å². The molecule has 0 saturated carbocycles. The lowest BCUT2D eigenvalue weighted by atomic mass is 10.1. The van der Waals surface area contributed by atoms with Gasteiger partial charge in [-0.25, -0.2) is 0 Å². The van der Waals surface area contributed by atoms with Gasteiger partial charge >= 0.3 is 10.2 Å². The van der Waals surface area contributed by atoms with E-state index in [1.54, 1.807) is 12.1 Å². The predicted molar refractivity (Wildman–Crippen MR) is 77.3 cm³/mol. The van der Waals surface area contributed by atoms with Crippen LogP contribution in [-0.2, 0) is 16.6 Å². The summed E-state index contributed by atoms with van der Waals surface area (Å²) < 4.78 is 27.6. The van der Waals surface area contributed by atoms with Crippen molar-refractivity contribution in [3.05, 3.63) is 29.8 Å². The fourth-order valence-electron chi connectivity index (χ4n) is 1.67. The molecule has 0 saturated heterocycles. The third kappa shape index (κ3) is 5.18. The van der Waals surface area contributed by atoms with Crippen LogP contribution in [0, 0.1) is 0 Å². The molecule has 108 valence electrons. The normalized spacial score (nSPS) is 11.8. The van der Waals surface area contributed by atoms with Gasteiger partial charge in [-0.2, -0.15) is 12.7 Å². The number of nitrogens with zero attached hydrogens (tertiary/aromatic N) is 1. The van der Waals surface area contributed by atoms with Gasteiger partial charge in [-0.15, -0.1) is 0 Å². The van der Waals surface area contributed by atoms with Crippen LogP contribution >= 0.6 is 0 Å². The van der Waals surface area contributed by atoms with E-state index < -0.39 is 10.2 Å². The van der Waals surface area contributed by atoms with E-state index in [4.69, 9.17) is 5.11 Å². The van der Waals surface area contributed by atoms with Gasteiger partial charge in [0.25, 0.3) is 0 Å². The topological polar surface area (TPSA) is 69.6 Å². The Balaban J connectivity index is 2.67. The van der Waals surface area contributed by atoms with Crippen molar-refractivity contribution in [1.29, 1.82) is 0 Å². The van der Waals surface area contributed by atoms with Crippen molar-refractivity contribution in [2.45, 2.75) is 26.2 Å². The molecule has 0 heterocycles. The second-order valence-electron chi connectivity index (χ2n) is 4.45. The SMILES string of the molecule is CCCc1ccc(NS(=O)(=O)N(C)CCCO)cc1. The molecule has 1 aromatic carbocycles. The summed E-state index contributed by atoms with van der Waals surface area (Å²) in [6.07, 6.45) is 2.48. The standard InChI is InChI=1S/C13H22N2O3S/c1-3-5-12-6-8-13(9-7-12)14-19(17,18)15(2)10-4-11-16/h6-9,14,16H,3-5,10-11H2,1-2H3. The Bertz CT molecular complexity index is 471. The number of aryl methyl sites for hydroxylation is 1. The molecule has 0 bridgehead atoms. The molecule has 0 amide bonds. The molecule has 0 aliphatic heterocycles. The van der Waals surface area contributed by atoms with Crippen molar-refractivity contribution in [2.24, 2.45) is 0 Å². The van der Waals surface area contributed by atoms with Crippen LogP contribution < -0.4 is 4.72 Å². The van der Waals surface area contributed by atoms with E-state index in [1.165, 1.54) is 16.9 Å². The quantitative estimate of drug-likeness (QED) is 0.763. The molecular formula is C13H22N2O3S. The first-order chi connectivity index (χ1) is 8.99. The lowest BCUT2D eigenvalue weighted by Crippen LogP contribution is -2.33. The van der Waals surface area contributed by atoms with Crippen molar-refractivity contribution in [3.63, 3.8) is 0 Å². The first-order valence-electron chi connectivity index (χ1n) is 6.43. The van der Waals surface area contributed by atoms with E-state index in [0.29, 0.717) is 18.7 Å². The molecule has 0 spiro atoms. The Kier molecular flexibility index (Phi) is 6.27. The van der Waals surface area contributed by atoms with E-state index in [0.717, 1.165) is 12.8 Å². The van der Waals surface area contributed by atoms with Crippen LogP contribution in [0.3, 0.4) is 0 Å². The zero-order valence-corrected chi connectivity index (χ0v) is 12.3. The molecule has 0 radical (unpaired) electrons. The van der Waals surface area contributed by atoms with Gasteiger partial charge in [0.1, 0.15) is 0 Å². The van der Waals surface area contributed by atoms with Gasteiger partial charge < -0.3 is 5.11 Å². The number of aliphatic hydroxyl groups excluding tert-OH is 1. The highest BCUT2D eigenvalue weighted by molar-refractivity contribution is 7.90. The number of nitrogens with one attached hydrogen (secondary N) is 1. The number of anilines is 1. The van der Waals surface area contributed by atoms with Crippen LogP contribution in [0.5, 0.6) is 0 Å². The molecule has 5 nitrogen and oxygen atoms in total. The molecule has 0 aromatic heterocycles. The van der Waals surface area contributed by atoms with E-state index in [-0.39, 0.29) is 6.61 Å². The minimum atomic E-state index is -3.54. The van der Waals surface area contributed by atoms with E-state index >= 15 is 0 Å². The summed E-state index contributed by atoms with van der Waals surface area (Å²) >= 11 is 0. The molecule has 0 aliphatic carbocycles. The fraction of sp³-hybridized carbons (Fsp3) is 0.538. The molecule has 0 atom stereocenters. The highest BCUT2D eigenvalue weighted by Crippen LogP contribution is 2.13. The first kappa shape index (κ1) is 15.9. The van der Waals surface area contributed by atoms with Crippen LogP contribution in [0.15, 0.2) is 24.3 Å². The van der Waals surface area contributed by atoms with E-state index in [9.17, 15) is 8.42 Å². The van der Waals surface area contributed by atoms with Gasteiger partial charge in [0.05, 0.1) is 0 Å². The molecule has 0 unspecified atom stereocenters. The highest BCUT2D eigenvalue weighted by atomic mass is 32.2. The van der Waals surface area contributed by atoms with Crippen molar-refractivity contribution in [1.82, 2.24) is 4.31 Å². The summed E-state index contributed by atoms with van der Waals surface area (Å²) in [5.74, 6) is 0. The maximum absolute atomic E-state index is 11.9. The second-order valence-corrected chi connectivity index (χ2v) is 6.23. The Hall–Kier alpha value is -1.11. The van der Waals surface area contributed by atoms with Crippen LogP contribution in [-0.4, -0.2) is 38.0 Å². The molecule has 1 rings (SSSR count).